The van der Waals surface area contributed by atoms with Crippen LogP contribution < -0.4 is 0 Å². The van der Waals surface area contributed by atoms with Crippen LogP contribution in [-0.4, -0.2) is 70.2 Å². The topological polar surface area (TPSA) is 163 Å². The van der Waals surface area contributed by atoms with Crippen molar-refractivity contribution < 1.29 is 38.1 Å². The Balaban J connectivity index is 1.05. The monoisotopic (exact) mass is 1200 g/mol. The van der Waals surface area contributed by atoms with Crippen molar-refractivity contribution in [2.75, 3.05) is 26.4 Å². The zero-order valence-electron chi connectivity index (χ0n) is 55.0. The Kier molecular flexibility index (Phi) is 20.0. The molecule has 0 aromatic carbocycles. The number of rotatable bonds is 0. The van der Waals surface area contributed by atoms with Gasteiger partial charge in [0.05, 0.1) is 72.9 Å². The highest BCUT2D eigenvalue weighted by Crippen LogP contribution is 2.70. The fourth-order valence-corrected chi connectivity index (χ4v) is 16.8. The summed E-state index contributed by atoms with van der Waals surface area (Å²) in [5.41, 5.74) is 8.32. The molecular formula is C76H106N4O8. The maximum absolute atomic E-state index is 14.5. The van der Waals surface area contributed by atoms with Crippen molar-refractivity contribution in [2.45, 2.75) is 259 Å². The molecule has 12 nitrogen and oxygen atoms in total. The molecule has 8 atom stereocenters. The highest BCUT2D eigenvalue weighted by Gasteiger charge is 2.68. The number of nitrogens with zero attached hydrogens (tertiary/aromatic N) is 2. The number of carbonyl (C=O) groups excluding carboxylic acids is 4. The summed E-state index contributed by atoms with van der Waals surface area (Å²) in [5.74, 6) is -3.21. The Labute approximate surface area is 525 Å². The molecule has 12 bridgehead atoms. The predicted molar refractivity (Wildman–Crippen MR) is 352 cm³/mol. The molecule has 4 saturated carbocycles. The second kappa shape index (κ2) is 27.5. The van der Waals surface area contributed by atoms with Gasteiger partial charge in [0.25, 0.3) is 0 Å². The number of H-pyrrole nitrogens is 2. The molecule has 0 saturated heterocycles. The van der Waals surface area contributed by atoms with Gasteiger partial charge in [0.15, 0.2) is 0 Å². The fourth-order valence-electron chi connectivity index (χ4n) is 16.8. The largest absolute Gasteiger partial charge is 0.465 e. The first-order valence-electron chi connectivity index (χ1n) is 35.3. The summed E-state index contributed by atoms with van der Waals surface area (Å²) in [6.45, 7) is 19.0. The first-order chi connectivity index (χ1) is 42.5. The van der Waals surface area contributed by atoms with E-state index in [9.17, 15) is 19.2 Å². The average molecular weight is 1200 g/mol. The van der Waals surface area contributed by atoms with E-state index in [2.05, 4.69) is 114 Å². The van der Waals surface area contributed by atoms with E-state index >= 15 is 0 Å². The molecule has 7 heterocycles. The lowest BCUT2D eigenvalue weighted by Crippen LogP contribution is -2.11. The number of ether oxygens (including phenoxy) is 4. The molecule has 12 heteroatoms. The van der Waals surface area contributed by atoms with Gasteiger partial charge in [-0.25, -0.2) is 9.97 Å². The zero-order chi connectivity index (χ0) is 61.8. The van der Waals surface area contributed by atoms with E-state index in [1.807, 2.05) is 0 Å². The lowest BCUT2D eigenvalue weighted by atomic mass is 10.0. The zero-order valence-corrected chi connectivity index (χ0v) is 55.0. The van der Waals surface area contributed by atoms with Gasteiger partial charge in [0.2, 0.25) is 0 Å². The van der Waals surface area contributed by atoms with Gasteiger partial charge >= 0.3 is 23.9 Å². The van der Waals surface area contributed by atoms with Gasteiger partial charge in [-0.2, -0.15) is 0 Å². The minimum absolute atomic E-state index is 0.172. The van der Waals surface area contributed by atoms with Gasteiger partial charge in [-0.3, -0.25) is 19.2 Å². The van der Waals surface area contributed by atoms with Crippen LogP contribution in [-0.2, 0) is 38.1 Å². The Morgan fingerprint density at radius 1 is 0.284 bits per heavy atom. The fraction of sp³-hybridized carbons (Fsp3) is 0.684. The first-order valence-corrected chi connectivity index (χ1v) is 35.3. The number of carbonyl (C=O) groups is 4. The highest BCUT2D eigenvalue weighted by molar-refractivity contribution is 5.91. The number of aromatic amines is 2. The van der Waals surface area contributed by atoms with Crippen LogP contribution in [0, 0.1) is 45.3 Å². The van der Waals surface area contributed by atoms with Crippen molar-refractivity contribution in [3.8, 4) is 0 Å². The van der Waals surface area contributed by atoms with Gasteiger partial charge < -0.3 is 28.9 Å². The number of cyclic esters (lactones) is 4. The summed E-state index contributed by atoms with van der Waals surface area (Å²) in [4.78, 5) is 77.2. The standard InChI is InChI=1S/C76H106N4O8/c1-73(2)61-57-49-37-38-50(77-49)58(62-66(74(62,3)4)70(82)86-46-34-30-26-22-18-14-10-9-13-17-21-25-29-33-45-85-69(81)65(61)73)55-43-44-56(80-55)60-52-40-39-51(78-52)59(54-42-41-53(57)79-54)63-67(75(63,5)6)71(83)87-47-35-31-27-23-19-15-11-12-16-20-24-28-32-36-48-88-72(84)68-64(60)76(68,7)8/h37-44,61-68,79-80H,9-36,45-48H2,1-8H3/t61?,62?,63?,64?,65-,66-,67-,68-/m0/s1. The number of aromatic nitrogens is 4. The van der Waals surface area contributed by atoms with Crippen molar-refractivity contribution in [3.05, 3.63) is 69.3 Å². The summed E-state index contributed by atoms with van der Waals surface area (Å²) >= 11 is 0. The molecule has 2 N–H and O–H groups in total. The Morgan fingerprint density at radius 3 is 0.636 bits per heavy atom. The van der Waals surface area contributed by atoms with Crippen molar-refractivity contribution >= 4 is 70.2 Å². The van der Waals surface area contributed by atoms with E-state index in [0.717, 1.165) is 144 Å². The predicted octanol–water partition coefficient (Wildman–Crippen LogP) is 18.7. The number of nitrogens with one attached hydrogen (secondary N) is 2. The molecule has 0 amide bonds. The molecule has 8 aliphatic rings. The second-order valence-corrected chi connectivity index (χ2v) is 30.3. The van der Waals surface area contributed by atoms with Crippen molar-refractivity contribution in [2.24, 2.45) is 45.3 Å². The molecular weight excluding hydrogens is 1100 g/mol. The Hall–Kier alpha value is -5.52. The van der Waals surface area contributed by atoms with Crippen LogP contribution >= 0.6 is 0 Å². The lowest BCUT2D eigenvalue weighted by molar-refractivity contribution is -0.147. The molecule has 11 rings (SSSR count). The number of fused-ring (bicyclic) bond motifs is 16. The van der Waals surface area contributed by atoms with E-state index in [1.165, 1.54) is 103 Å². The smallest absolute Gasteiger partial charge is 0.310 e. The van der Waals surface area contributed by atoms with E-state index in [4.69, 9.17) is 28.9 Å². The minimum atomic E-state index is -0.451. The number of esters is 4. The third-order valence-electron chi connectivity index (χ3n) is 22.5. The third kappa shape index (κ3) is 13.7. The maximum atomic E-state index is 14.5. The molecule has 478 valence electrons. The van der Waals surface area contributed by atoms with Crippen LogP contribution in [0.2, 0.25) is 0 Å². The van der Waals surface area contributed by atoms with E-state index in [-0.39, 0.29) is 47.5 Å². The number of hydrogen-bond donors (Lipinski definition) is 2. The van der Waals surface area contributed by atoms with Crippen molar-refractivity contribution in [1.29, 1.82) is 0 Å². The van der Waals surface area contributed by atoms with Gasteiger partial charge in [0, 0.05) is 68.0 Å². The van der Waals surface area contributed by atoms with Gasteiger partial charge in [-0.05, 0) is 95.9 Å². The minimum Gasteiger partial charge on any atom is -0.465 e. The molecule has 3 aromatic heterocycles. The van der Waals surface area contributed by atoms with Crippen molar-refractivity contribution in [1.82, 2.24) is 19.9 Å². The normalized spacial score (nSPS) is 29.5. The molecule has 4 aliphatic heterocycles. The van der Waals surface area contributed by atoms with Crippen LogP contribution in [0.25, 0.3) is 46.4 Å². The van der Waals surface area contributed by atoms with Gasteiger partial charge in [-0.1, -0.05) is 209 Å². The van der Waals surface area contributed by atoms with E-state index < -0.39 is 45.3 Å². The molecule has 4 fully saturated rings. The summed E-state index contributed by atoms with van der Waals surface area (Å²) in [5, 5.41) is 0. The van der Waals surface area contributed by atoms with E-state index in [0.29, 0.717) is 26.4 Å². The van der Waals surface area contributed by atoms with Gasteiger partial charge in [-0.15, -0.1) is 0 Å². The summed E-state index contributed by atoms with van der Waals surface area (Å²) in [7, 11) is 0. The van der Waals surface area contributed by atoms with Crippen LogP contribution in [0.4, 0.5) is 0 Å². The van der Waals surface area contributed by atoms with Crippen LogP contribution in [0.1, 0.15) is 304 Å². The Morgan fingerprint density at radius 2 is 0.455 bits per heavy atom. The third-order valence-corrected chi connectivity index (χ3v) is 22.5. The molecule has 0 radical (unpaired) electrons. The molecule has 4 aliphatic carbocycles. The van der Waals surface area contributed by atoms with Crippen LogP contribution in [0.5, 0.6) is 0 Å². The second-order valence-electron chi connectivity index (χ2n) is 30.3. The molecule has 4 unspecified atom stereocenters. The molecule has 3 aromatic rings. The average Bonchev–Trinajstić information content (AvgIpc) is 1.58. The summed E-state index contributed by atoms with van der Waals surface area (Å²) < 4.78 is 24.8. The molecule has 88 heavy (non-hydrogen) atoms. The van der Waals surface area contributed by atoms with Crippen LogP contribution in [0.15, 0.2) is 24.3 Å². The van der Waals surface area contributed by atoms with Crippen LogP contribution in [0.3, 0.4) is 0 Å². The first kappa shape index (κ1) is 64.0. The summed E-state index contributed by atoms with van der Waals surface area (Å²) in [6, 6.07) is 8.49. The lowest BCUT2D eigenvalue weighted by Gasteiger charge is -2.08. The van der Waals surface area contributed by atoms with Gasteiger partial charge in [0.1, 0.15) is 0 Å². The molecule has 0 spiro atoms. The summed E-state index contributed by atoms with van der Waals surface area (Å²) in [6.07, 6.45) is 40.7. The highest BCUT2D eigenvalue weighted by atomic mass is 16.5. The van der Waals surface area contributed by atoms with E-state index in [1.54, 1.807) is 0 Å². The maximum Gasteiger partial charge on any atom is 0.310 e. The quantitative estimate of drug-likeness (QED) is 0.113. The van der Waals surface area contributed by atoms with Crippen molar-refractivity contribution in [3.63, 3.8) is 0 Å². The number of hydrogen-bond acceptors (Lipinski definition) is 10. The Bertz CT molecular complexity index is 2830. The SMILES string of the molecule is CC1(C)C2c3c4nc(c(c5ccc([nH]5)c5c6nc(c(c7ccc3[nH]7)C3[C@@H](C(=O)OCCCCCCCCCCCCCCCCOC(=O)[C@@H]7C5C7(C)C)C3(C)C)C=C6)C3[C@@H](C(=O)OCCCCCCCCCCCCCCCCOC(=O)[C@H]21)C3(C)C)C=C4.